The van der Waals surface area contributed by atoms with Crippen molar-refractivity contribution in [2.75, 3.05) is 5.32 Å². The molecule has 0 unspecified atom stereocenters. The van der Waals surface area contributed by atoms with Gasteiger partial charge in [-0.05, 0) is 56.9 Å². The van der Waals surface area contributed by atoms with Crippen LogP contribution < -0.4 is 5.32 Å². The molecule has 0 aliphatic heterocycles. The van der Waals surface area contributed by atoms with Gasteiger partial charge < -0.3 is 10.4 Å². The number of aromatic nitrogens is 3. The molecule has 2 aromatic rings. The van der Waals surface area contributed by atoms with Gasteiger partial charge in [0, 0.05) is 17.3 Å². The van der Waals surface area contributed by atoms with Crippen LogP contribution in [0.4, 0.5) is 5.69 Å². The second-order valence-corrected chi connectivity index (χ2v) is 5.85. The Morgan fingerprint density at radius 2 is 1.91 bits per heavy atom. The van der Waals surface area contributed by atoms with Crippen molar-refractivity contribution in [3.63, 3.8) is 0 Å². The number of aromatic amines is 1. The van der Waals surface area contributed by atoms with Crippen molar-refractivity contribution in [1.29, 1.82) is 0 Å². The third kappa shape index (κ3) is 3.27. The maximum Gasteiger partial charge on any atom is 0.306 e. The lowest BCUT2D eigenvalue weighted by Crippen LogP contribution is -2.29. The highest BCUT2D eigenvalue weighted by Gasteiger charge is 2.25. The molecule has 1 aliphatic rings. The van der Waals surface area contributed by atoms with Crippen molar-refractivity contribution in [2.45, 2.75) is 38.6 Å². The Balaban J connectivity index is 1.59. The summed E-state index contributed by atoms with van der Waals surface area (Å²) >= 11 is 0. The number of nitrogens with zero attached hydrogens (tertiary/aromatic N) is 2. The third-order valence-corrected chi connectivity index (χ3v) is 4.19. The molecule has 1 heterocycles. The van der Waals surface area contributed by atoms with Crippen LogP contribution in [0.5, 0.6) is 0 Å². The molecular weight excluding hydrogens is 280 g/mol. The molecule has 0 spiro atoms. The van der Waals surface area contributed by atoms with Crippen molar-refractivity contribution in [3.8, 4) is 11.4 Å². The lowest BCUT2D eigenvalue weighted by Gasteiger charge is -2.27. The van der Waals surface area contributed by atoms with E-state index in [9.17, 15) is 4.79 Å². The monoisotopic (exact) mass is 300 g/mol. The molecule has 3 rings (SSSR count). The summed E-state index contributed by atoms with van der Waals surface area (Å²) in [6.07, 6.45) is 3.31. The number of H-pyrrole nitrogens is 1. The highest BCUT2D eigenvalue weighted by molar-refractivity contribution is 5.70. The highest BCUT2D eigenvalue weighted by atomic mass is 16.4. The molecule has 3 N–H and O–H groups in total. The Hall–Kier alpha value is -2.37. The smallest absolute Gasteiger partial charge is 0.306 e. The first-order valence-electron chi connectivity index (χ1n) is 7.60. The Bertz CT molecular complexity index is 642. The molecule has 0 radical (unpaired) electrons. The largest absolute Gasteiger partial charge is 0.481 e. The van der Waals surface area contributed by atoms with Crippen molar-refractivity contribution < 1.29 is 9.90 Å². The molecular formula is C16H20N4O2. The van der Waals surface area contributed by atoms with Gasteiger partial charge in [-0.25, -0.2) is 4.98 Å². The Morgan fingerprint density at radius 3 is 2.45 bits per heavy atom. The van der Waals surface area contributed by atoms with Crippen LogP contribution in [0.2, 0.25) is 0 Å². The van der Waals surface area contributed by atoms with Gasteiger partial charge in [-0.15, -0.1) is 0 Å². The molecule has 0 atom stereocenters. The van der Waals surface area contributed by atoms with Crippen LogP contribution >= 0.6 is 0 Å². The first-order valence-corrected chi connectivity index (χ1v) is 7.60. The van der Waals surface area contributed by atoms with E-state index in [2.05, 4.69) is 20.5 Å². The number of hydrogen-bond acceptors (Lipinski definition) is 4. The minimum absolute atomic E-state index is 0.172. The molecule has 1 fully saturated rings. The first kappa shape index (κ1) is 14.6. The lowest BCUT2D eigenvalue weighted by atomic mass is 9.86. The maximum absolute atomic E-state index is 11.0. The van der Waals surface area contributed by atoms with Crippen molar-refractivity contribution in [3.05, 3.63) is 30.1 Å². The number of nitrogens with one attached hydrogen (secondary N) is 2. The van der Waals surface area contributed by atoms with Crippen molar-refractivity contribution in [1.82, 2.24) is 15.2 Å². The molecule has 1 saturated carbocycles. The van der Waals surface area contributed by atoms with Crippen LogP contribution in [-0.2, 0) is 4.79 Å². The maximum atomic E-state index is 11.0. The van der Waals surface area contributed by atoms with Gasteiger partial charge in [-0.2, -0.15) is 5.10 Å². The molecule has 1 aliphatic carbocycles. The summed E-state index contributed by atoms with van der Waals surface area (Å²) < 4.78 is 0. The van der Waals surface area contributed by atoms with Crippen LogP contribution in [0, 0.1) is 12.8 Å². The number of rotatable bonds is 4. The summed E-state index contributed by atoms with van der Waals surface area (Å²) in [5.41, 5.74) is 2.03. The molecule has 116 valence electrons. The summed E-state index contributed by atoms with van der Waals surface area (Å²) in [4.78, 5) is 15.3. The van der Waals surface area contributed by atoms with Gasteiger partial charge in [0.15, 0.2) is 5.82 Å². The van der Waals surface area contributed by atoms with Gasteiger partial charge in [-0.3, -0.25) is 9.89 Å². The van der Waals surface area contributed by atoms with Crippen LogP contribution in [0.3, 0.4) is 0 Å². The number of carboxylic acids is 1. The fourth-order valence-electron chi connectivity index (χ4n) is 2.91. The number of hydrogen-bond donors (Lipinski definition) is 3. The molecule has 1 aromatic heterocycles. The van der Waals surface area contributed by atoms with E-state index in [1.54, 1.807) is 0 Å². The first-order chi connectivity index (χ1) is 10.6. The van der Waals surface area contributed by atoms with Gasteiger partial charge in [0.05, 0.1) is 5.92 Å². The number of carbonyl (C=O) groups is 1. The van der Waals surface area contributed by atoms with E-state index in [4.69, 9.17) is 5.11 Å². The summed E-state index contributed by atoms with van der Waals surface area (Å²) in [6, 6.07) is 8.38. The number of aryl methyl sites for hydroxylation is 1. The average molecular weight is 300 g/mol. The van der Waals surface area contributed by atoms with E-state index in [-0.39, 0.29) is 5.92 Å². The molecule has 0 bridgehead atoms. The van der Waals surface area contributed by atoms with E-state index in [1.807, 2.05) is 31.2 Å². The number of carboxylic acid groups (broad SMARTS) is 1. The number of aliphatic carboxylic acids is 1. The third-order valence-electron chi connectivity index (χ3n) is 4.19. The number of benzene rings is 1. The van der Waals surface area contributed by atoms with Crippen LogP contribution in [-0.4, -0.2) is 32.3 Å². The Morgan fingerprint density at radius 1 is 1.23 bits per heavy atom. The lowest BCUT2D eigenvalue weighted by molar-refractivity contribution is -0.142. The van der Waals surface area contributed by atoms with E-state index >= 15 is 0 Å². The van der Waals surface area contributed by atoms with Gasteiger partial charge in [-0.1, -0.05) is 0 Å². The molecule has 1 aromatic carbocycles. The Labute approximate surface area is 129 Å². The molecule has 6 heteroatoms. The summed E-state index contributed by atoms with van der Waals surface area (Å²) in [7, 11) is 0. The fourth-order valence-corrected chi connectivity index (χ4v) is 2.91. The zero-order chi connectivity index (χ0) is 15.5. The fraction of sp³-hybridized carbons (Fsp3) is 0.438. The van der Waals surface area contributed by atoms with E-state index in [1.165, 1.54) is 0 Å². The second-order valence-electron chi connectivity index (χ2n) is 5.85. The summed E-state index contributed by atoms with van der Waals surface area (Å²) in [5, 5.41) is 19.5. The van der Waals surface area contributed by atoms with E-state index < -0.39 is 5.97 Å². The predicted molar refractivity (Wildman–Crippen MR) is 83.6 cm³/mol. The SMILES string of the molecule is Cc1nc(-c2ccc(NC3CCC(C(=O)O)CC3)cc2)n[nH]1. The predicted octanol–water partition coefficient (Wildman–Crippen LogP) is 2.84. The van der Waals surface area contributed by atoms with E-state index in [0.29, 0.717) is 11.9 Å². The van der Waals surface area contributed by atoms with Crippen LogP contribution in [0.25, 0.3) is 11.4 Å². The molecule has 22 heavy (non-hydrogen) atoms. The summed E-state index contributed by atoms with van der Waals surface area (Å²) in [6.45, 7) is 1.87. The average Bonchev–Trinajstić information content (AvgIpc) is 2.95. The van der Waals surface area contributed by atoms with Crippen molar-refractivity contribution >= 4 is 11.7 Å². The molecule has 6 nitrogen and oxygen atoms in total. The topological polar surface area (TPSA) is 90.9 Å². The zero-order valence-corrected chi connectivity index (χ0v) is 12.5. The summed E-state index contributed by atoms with van der Waals surface area (Å²) in [5.74, 6) is 0.664. The molecule has 0 saturated heterocycles. The van der Waals surface area contributed by atoms with Gasteiger partial charge in [0.25, 0.3) is 0 Å². The number of anilines is 1. The highest BCUT2D eigenvalue weighted by Crippen LogP contribution is 2.27. The minimum atomic E-state index is -0.662. The standard InChI is InChI=1S/C16H20N4O2/c1-10-17-15(20-19-10)11-2-6-13(7-3-11)18-14-8-4-12(5-9-14)16(21)22/h2-3,6-7,12,14,18H,4-5,8-9H2,1H3,(H,21,22)(H,17,19,20). The van der Waals surface area contributed by atoms with E-state index in [0.717, 1.165) is 42.8 Å². The minimum Gasteiger partial charge on any atom is -0.481 e. The van der Waals surface area contributed by atoms with Crippen LogP contribution in [0.15, 0.2) is 24.3 Å². The molecule has 0 amide bonds. The second kappa shape index (κ2) is 6.17. The quantitative estimate of drug-likeness (QED) is 0.807. The van der Waals surface area contributed by atoms with Gasteiger partial charge in [0.1, 0.15) is 5.82 Å². The zero-order valence-electron chi connectivity index (χ0n) is 12.5. The normalized spacial score (nSPS) is 21.5. The van der Waals surface area contributed by atoms with Gasteiger partial charge in [0.2, 0.25) is 0 Å². The van der Waals surface area contributed by atoms with Crippen molar-refractivity contribution in [2.24, 2.45) is 5.92 Å². The Kier molecular flexibility index (Phi) is 4.09. The van der Waals surface area contributed by atoms with Gasteiger partial charge >= 0.3 is 5.97 Å². The van der Waals surface area contributed by atoms with Crippen LogP contribution in [0.1, 0.15) is 31.5 Å².